The molecule has 0 aliphatic heterocycles. The minimum atomic E-state index is -0.0182. The van der Waals surface area contributed by atoms with Crippen LogP contribution in [0.1, 0.15) is 19.4 Å². The van der Waals surface area contributed by atoms with Gasteiger partial charge in [-0.1, -0.05) is 84.9 Å². The predicted octanol–water partition coefficient (Wildman–Crippen LogP) is 8.43. The number of hydrogen-bond acceptors (Lipinski definition) is 3. The van der Waals surface area contributed by atoms with Gasteiger partial charge in [-0.3, -0.25) is 4.79 Å². The summed E-state index contributed by atoms with van der Waals surface area (Å²) in [6, 6.07) is 37.4. The van der Waals surface area contributed by atoms with E-state index in [-0.39, 0.29) is 5.78 Å². The quantitative estimate of drug-likeness (QED) is 0.146. The summed E-state index contributed by atoms with van der Waals surface area (Å²) in [4.78, 5) is 15.2. The standard InChI is InChI=1S/C32H27NO2/c1-22(34)30(23(2)35-3)31-26-18-10-12-20-28(26)32(29-21-13-11-19-27(29)31)33(24-14-6-4-7-15-24)25-16-8-5-9-17-25/h4-21H,1-3H3/b30-23+. The monoisotopic (exact) mass is 457 g/mol. The van der Waals surface area contributed by atoms with E-state index in [9.17, 15) is 4.79 Å². The van der Waals surface area contributed by atoms with Crippen LogP contribution < -0.4 is 4.90 Å². The molecule has 172 valence electrons. The Labute approximate surface area is 205 Å². The molecule has 0 fully saturated rings. The first kappa shape index (κ1) is 22.4. The van der Waals surface area contributed by atoms with E-state index in [4.69, 9.17) is 4.74 Å². The third-order valence-electron chi connectivity index (χ3n) is 6.42. The van der Waals surface area contributed by atoms with Crippen molar-refractivity contribution in [2.45, 2.75) is 13.8 Å². The van der Waals surface area contributed by atoms with E-state index >= 15 is 0 Å². The molecule has 0 radical (unpaired) electrons. The Balaban J connectivity index is 1.99. The first-order chi connectivity index (χ1) is 17.1. The molecule has 0 spiro atoms. The van der Waals surface area contributed by atoms with Gasteiger partial charge in [-0.05, 0) is 48.9 Å². The lowest BCUT2D eigenvalue weighted by atomic mass is 9.88. The van der Waals surface area contributed by atoms with Gasteiger partial charge in [0.1, 0.15) is 5.76 Å². The highest BCUT2D eigenvalue weighted by Gasteiger charge is 2.24. The minimum absolute atomic E-state index is 0.0182. The molecule has 3 heteroatoms. The van der Waals surface area contributed by atoms with Crippen molar-refractivity contribution in [1.82, 2.24) is 0 Å². The second-order valence-corrected chi connectivity index (χ2v) is 8.51. The summed E-state index contributed by atoms with van der Waals surface area (Å²) >= 11 is 0. The van der Waals surface area contributed by atoms with Gasteiger partial charge in [0.25, 0.3) is 0 Å². The van der Waals surface area contributed by atoms with E-state index in [1.165, 1.54) is 0 Å². The number of ketones is 1. The number of benzene rings is 5. The van der Waals surface area contributed by atoms with Gasteiger partial charge < -0.3 is 9.64 Å². The fraction of sp³-hybridized carbons (Fsp3) is 0.0938. The van der Waals surface area contributed by atoms with Crippen LogP contribution in [0.5, 0.6) is 0 Å². The molecule has 0 amide bonds. The van der Waals surface area contributed by atoms with E-state index in [2.05, 4.69) is 89.8 Å². The number of rotatable bonds is 6. The van der Waals surface area contributed by atoms with E-state index in [1.807, 2.05) is 31.2 Å². The lowest BCUT2D eigenvalue weighted by Crippen LogP contribution is -2.12. The van der Waals surface area contributed by atoms with Gasteiger partial charge in [0.2, 0.25) is 0 Å². The highest BCUT2D eigenvalue weighted by atomic mass is 16.5. The number of carbonyl (C=O) groups is 1. The van der Waals surface area contributed by atoms with Gasteiger partial charge in [0.05, 0.1) is 18.4 Å². The number of fused-ring (bicyclic) bond motifs is 2. The van der Waals surface area contributed by atoms with Crippen molar-refractivity contribution in [3.8, 4) is 0 Å². The Morgan fingerprint density at radius 1 is 0.600 bits per heavy atom. The van der Waals surface area contributed by atoms with Crippen molar-refractivity contribution in [2.75, 3.05) is 12.0 Å². The van der Waals surface area contributed by atoms with Crippen molar-refractivity contribution in [1.29, 1.82) is 0 Å². The lowest BCUT2D eigenvalue weighted by Gasteiger charge is -2.29. The van der Waals surface area contributed by atoms with Gasteiger partial charge in [-0.2, -0.15) is 0 Å². The molecule has 5 aromatic rings. The summed E-state index contributed by atoms with van der Waals surface area (Å²) in [5.41, 5.74) is 4.73. The number of hydrogen-bond donors (Lipinski definition) is 0. The van der Waals surface area contributed by atoms with Crippen LogP contribution in [0.4, 0.5) is 17.1 Å². The average molecular weight is 458 g/mol. The van der Waals surface area contributed by atoms with Crippen molar-refractivity contribution in [2.24, 2.45) is 0 Å². The van der Waals surface area contributed by atoms with E-state index < -0.39 is 0 Å². The highest BCUT2D eigenvalue weighted by molar-refractivity contribution is 6.30. The zero-order valence-electron chi connectivity index (χ0n) is 20.2. The topological polar surface area (TPSA) is 29.5 Å². The number of anilines is 3. The molecular formula is C32H27NO2. The fourth-order valence-corrected chi connectivity index (χ4v) is 4.88. The molecule has 0 aliphatic carbocycles. The van der Waals surface area contributed by atoms with Gasteiger partial charge in [0, 0.05) is 27.7 Å². The molecule has 5 aromatic carbocycles. The van der Waals surface area contributed by atoms with Crippen LogP contribution in [0.15, 0.2) is 115 Å². The molecule has 0 bridgehead atoms. The Bertz CT molecular complexity index is 1460. The molecule has 3 nitrogen and oxygen atoms in total. The molecule has 0 unspecified atom stereocenters. The number of Topliss-reactive ketones (excluding diaryl/α,β-unsaturated/α-hetero) is 1. The molecule has 5 rings (SSSR count). The Morgan fingerprint density at radius 2 is 1.00 bits per heavy atom. The maximum Gasteiger partial charge on any atom is 0.163 e. The Hall–Kier alpha value is -4.37. The van der Waals surface area contributed by atoms with Crippen molar-refractivity contribution >= 4 is 50.0 Å². The number of nitrogens with zero attached hydrogens (tertiary/aromatic N) is 1. The van der Waals surface area contributed by atoms with Gasteiger partial charge in [-0.25, -0.2) is 0 Å². The van der Waals surface area contributed by atoms with Gasteiger partial charge >= 0.3 is 0 Å². The minimum Gasteiger partial charge on any atom is -0.501 e. The van der Waals surface area contributed by atoms with Crippen molar-refractivity contribution < 1.29 is 9.53 Å². The number of allylic oxidation sites excluding steroid dienone is 2. The lowest BCUT2D eigenvalue weighted by molar-refractivity contribution is -0.111. The Kier molecular flexibility index (Phi) is 6.07. The van der Waals surface area contributed by atoms with Crippen LogP contribution in [0.25, 0.3) is 27.1 Å². The van der Waals surface area contributed by atoms with Crippen LogP contribution in [0, 0.1) is 0 Å². The van der Waals surface area contributed by atoms with E-state index in [1.54, 1.807) is 14.0 Å². The molecule has 0 saturated carbocycles. The number of methoxy groups -OCH3 is 1. The summed E-state index contributed by atoms with van der Waals surface area (Å²) in [5, 5.41) is 4.16. The van der Waals surface area contributed by atoms with Crippen LogP contribution in [-0.4, -0.2) is 12.9 Å². The summed E-state index contributed by atoms with van der Waals surface area (Å²) in [7, 11) is 1.61. The number of para-hydroxylation sites is 2. The first-order valence-corrected chi connectivity index (χ1v) is 11.7. The summed E-state index contributed by atoms with van der Waals surface area (Å²) < 4.78 is 5.59. The van der Waals surface area contributed by atoms with Gasteiger partial charge in [0.15, 0.2) is 5.78 Å². The van der Waals surface area contributed by atoms with Crippen molar-refractivity contribution in [3.05, 3.63) is 121 Å². The number of ether oxygens (including phenoxy) is 1. The molecule has 0 saturated heterocycles. The Morgan fingerprint density at radius 3 is 1.40 bits per heavy atom. The largest absolute Gasteiger partial charge is 0.501 e. The third-order valence-corrected chi connectivity index (χ3v) is 6.42. The van der Waals surface area contributed by atoms with E-state index in [0.717, 1.165) is 44.2 Å². The summed E-state index contributed by atoms with van der Waals surface area (Å²) in [6.45, 7) is 3.46. The van der Waals surface area contributed by atoms with Crippen LogP contribution in [-0.2, 0) is 9.53 Å². The van der Waals surface area contributed by atoms with Crippen LogP contribution >= 0.6 is 0 Å². The van der Waals surface area contributed by atoms with Crippen molar-refractivity contribution in [3.63, 3.8) is 0 Å². The zero-order chi connectivity index (χ0) is 24.4. The molecule has 0 aliphatic rings. The SMILES string of the molecule is CO/C(C)=C(\C(C)=O)c1c2ccccc2c(N(c2ccccc2)c2ccccc2)c2ccccc12. The second kappa shape index (κ2) is 9.47. The van der Waals surface area contributed by atoms with Gasteiger partial charge in [-0.15, -0.1) is 0 Å². The fourth-order valence-electron chi connectivity index (χ4n) is 4.88. The smallest absolute Gasteiger partial charge is 0.163 e. The number of carbonyl (C=O) groups excluding carboxylic acids is 1. The predicted molar refractivity (Wildman–Crippen MR) is 146 cm³/mol. The van der Waals surface area contributed by atoms with Crippen LogP contribution in [0.2, 0.25) is 0 Å². The van der Waals surface area contributed by atoms with E-state index in [0.29, 0.717) is 11.3 Å². The molecule has 0 atom stereocenters. The maximum atomic E-state index is 12.9. The average Bonchev–Trinajstić information content (AvgIpc) is 2.91. The zero-order valence-corrected chi connectivity index (χ0v) is 20.2. The summed E-state index contributed by atoms with van der Waals surface area (Å²) in [6.07, 6.45) is 0. The third kappa shape index (κ3) is 3.95. The molecule has 35 heavy (non-hydrogen) atoms. The second-order valence-electron chi connectivity index (χ2n) is 8.51. The molecular weight excluding hydrogens is 430 g/mol. The molecule has 0 N–H and O–H groups in total. The molecule has 0 heterocycles. The first-order valence-electron chi connectivity index (χ1n) is 11.7. The normalized spacial score (nSPS) is 11.9. The highest BCUT2D eigenvalue weighted by Crippen LogP contribution is 2.47. The molecule has 0 aromatic heterocycles. The summed E-state index contributed by atoms with van der Waals surface area (Å²) in [5.74, 6) is 0.596. The van der Waals surface area contributed by atoms with Crippen LogP contribution in [0.3, 0.4) is 0 Å². The maximum absolute atomic E-state index is 12.9.